The van der Waals surface area contributed by atoms with Crippen molar-refractivity contribution >= 4 is 11.7 Å². The summed E-state index contributed by atoms with van der Waals surface area (Å²) >= 11 is 0. The van der Waals surface area contributed by atoms with E-state index in [4.69, 9.17) is 4.74 Å². The molecule has 0 bridgehead atoms. The third-order valence-corrected chi connectivity index (χ3v) is 4.56. The zero-order chi connectivity index (χ0) is 18.1. The van der Waals surface area contributed by atoms with E-state index in [1.807, 2.05) is 13.0 Å². The van der Waals surface area contributed by atoms with Gasteiger partial charge in [0, 0.05) is 43.0 Å². The van der Waals surface area contributed by atoms with Gasteiger partial charge in [0.25, 0.3) is 5.78 Å². The zero-order valence-electron chi connectivity index (χ0n) is 14.4. The topological polar surface area (TPSA) is 64.3 Å². The van der Waals surface area contributed by atoms with E-state index in [0.29, 0.717) is 23.2 Å². The highest BCUT2D eigenvalue weighted by molar-refractivity contribution is 5.40. The number of aromatic nitrogens is 4. The maximum absolute atomic E-state index is 13.8. The minimum Gasteiger partial charge on any atom is -0.381 e. The standard InChI is InChI=1S/C18H19F2N5O/c1-11-8-16(12-4-6-26-7-5-12)25-18(22-11)23-17(24-25)21-10-13-2-3-14(19)9-15(13)20/h2-3,8-9,12H,4-7,10H2,1H3,(H,21,24). The lowest BCUT2D eigenvalue weighted by Gasteiger charge is -2.22. The predicted octanol–water partition coefficient (Wildman–Crippen LogP) is 3.22. The Hall–Kier alpha value is -2.61. The molecule has 136 valence electrons. The summed E-state index contributed by atoms with van der Waals surface area (Å²) in [4.78, 5) is 8.82. The maximum atomic E-state index is 13.8. The van der Waals surface area contributed by atoms with Crippen LogP contribution in [0.5, 0.6) is 0 Å². The summed E-state index contributed by atoms with van der Waals surface area (Å²) in [7, 11) is 0. The Labute approximate surface area is 149 Å². The van der Waals surface area contributed by atoms with Crippen LogP contribution in [-0.2, 0) is 11.3 Å². The van der Waals surface area contributed by atoms with Gasteiger partial charge in [0.2, 0.25) is 5.95 Å². The summed E-state index contributed by atoms with van der Waals surface area (Å²) in [5.74, 6) is 0.0155. The van der Waals surface area contributed by atoms with Crippen molar-refractivity contribution in [3.63, 3.8) is 0 Å². The van der Waals surface area contributed by atoms with Crippen molar-refractivity contribution in [2.45, 2.75) is 32.2 Å². The van der Waals surface area contributed by atoms with Gasteiger partial charge in [-0.05, 0) is 31.9 Å². The average molecular weight is 359 g/mol. The summed E-state index contributed by atoms with van der Waals surface area (Å²) < 4.78 is 34.0. The molecule has 2 aromatic heterocycles. The van der Waals surface area contributed by atoms with Gasteiger partial charge in [0.05, 0.1) is 5.69 Å². The fraction of sp³-hybridized carbons (Fsp3) is 0.389. The fourth-order valence-electron chi connectivity index (χ4n) is 3.21. The zero-order valence-corrected chi connectivity index (χ0v) is 14.4. The highest BCUT2D eigenvalue weighted by atomic mass is 19.1. The SMILES string of the molecule is Cc1cc(C2CCOCC2)n2nc(NCc3ccc(F)cc3F)nc2n1. The normalized spacial score (nSPS) is 15.5. The van der Waals surface area contributed by atoms with E-state index < -0.39 is 11.6 Å². The van der Waals surface area contributed by atoms with Crippen LogP contribution in [0.2, 0.25) is 0 Å². The van der Waals surface area contributed by atoms with E-state index in [1.54, 1.807) is 4.52 Å². The fourth-order valence-corrected chi connectivity index (χ4v) is 3.21. The lowest BCUT2D eigenvalue weighted by Crippen LogP contribution is -2.17. The van der Waals surface area contributed by atoms with Crippen LogP contribution < -0.4 is 5.32 Å². The monoisotopic (exact) mass is 359 g/mol. The molecular formula is C18H19F2N5O. The van der Waals surface area contributed by atoms with Gasteiger partial charge in [-0.15, -0.1) is 5.10 Å². The Balaban J connectivity index is 1.60. The molecule has 1 saturated heterocycles. The minimum atomic E-state index is -0.599. The van der Waals surface area contributed by atoms with Crippen LogP contribution in [0.15, 0.2) is 24.3 Å². The number of halogens is 2. The predicted molar refractivity (Wildman–Crippen MR) is 92.0 cm³/mol. The molecule has 1 aliphatic rings. The first-order valence-electron chi connectivity index (χ1n) is 8.60. The molecule has 3 aromatic rings. The molecule has 1 fully saturated rings. The van der Waals surface area contributed by atoms with E-state index in [0.717, 1.165) is 43.5 Å². The molecule has 4 rings (SSSR count). The highest BCUT2D eigenvalue weighted by Gasteiger charge is 2.21. The molecule has 0 radical (unpaired) electrons. The van der Waals surface area contributed by atoms with Gasteiger partial charge < -0.3 is 10.1 Å². The lowest BCUT2D eigenvalue weighted by molar-refractivity contribution is 0.0840. The molecule has 0 aliphatic carbocycles. The van der Waals surface area contributed by atoms with Crippen molar-refractivity contribution in [2.75, 3.05) is 18.5 Å². The molecule has 0 unspecified atom stereocenters. The van der Waals surface area contributed by atoms with Gasteiger partial charge in [-0.3, -0.25) is 0 Å². The van der Waals surface area contributed by atoms with Crippen LogP contribution in [0.25, 0.3) is 5.78 Å². The third kappa shape index (κ3) is 3.37. The lowest BCUT2D eigenvalue weighted by atomic mass is 9.96. The largest absolute Gasteiger partial charge is 0.381 e. The Morgan fingerprint density at radius 2 is 2.00 bits per heavy atom. The van der Waals surface area contributed by atoms with Crippen molar-refractivity contribution in [3.8, 4) is 0 Å². The van der Waals surface area contributed by atoms with Crippen molar-refractivity contribution < 1.29 is 13.5 Å². The summed E-state index contributed by atoms with van der Waals surface area (Å²) in [6.07, 6.45) is 1.87. The van der Waals surface area contributed by atoms with E-state index in [9.17, 15) is 8.78 Å². The van der Waals surface area contributed by atoms with Gasteiger partial charge in [0.1, 0.15) is 11.6 Å². The molecule has 1 aliphatic heterocycles. The van der Waals surface area contributed by atoms with E-state index >= 15 is 0 Å². The Bertz CT molecular complexity index is 937. The molecule has 26 heavy (non-hydrogen) atoms. The van der Waals surface area contributed by atoms with Crippen LogP contribution in [0.1, 0.15) is 35.7 Å². The van der Waals surface area contributed by atoms with Gasteiger partial charge in [-0.2, -0.15) is 9.50 Å². The van der Waals surface area contributed by atoms with Crippen molar-refractivity contribution in [2.24, 2.45) is 0 Å². The van der Waals surface area contributed by atoms with Crippen LogP contribution in [0.4, 0.5) is 14.7 Å². The molecule has 8 heteroatoms. The molecule has 0 spiro atoms. The van der Waals surface area contributed by atoms with Crippen molar-refractivity contribution in [1.29, 1.82) is 0 Å². The first-order valence-corrected chi connectivity index (χ1v) is 8.60. The molecule has 3 heterocycles. The second-order valence-corrected chi connectivity index (χ2v) is 6.45. The first kappa shape index (κ1) is 16.8. The smallest absolute Gasteiger partial charge is 0.254 e. The summed E-state index contributed by atoms with van der Waals surface area (Å²) in [5, 5.41) is 7.48. The number of nitrogens with one attached hydrogen (secondary N) is 1. The number of rotatable bonds is 4. The molecule has 0 saturated carbocycles. The van der Waals surface area contributed by atoms with Gasteiger partial charge in [-0.1, -0.05) is 6.07 Å². The first-order chi connectivity index (χ1) is 12.6. The molecule has 0 atom stereocenters. The Morgan fingerprint density at radius 3 is 2.77 bits per heavy atom. The second-order valence-electron chi connectivity index (χ2n) is 6.45. The van der Waals surface area contributed by atoms with E-state index in [-0.39, 0.29) is 6.54 Å². The number of aryl methyl sites for hydroxylation is 1. The third-order valence-electron chi connectivity index (χ3n) is 4.56. The van der Waals surface area contributed by atoms with E-state index in [1.165, 1.54) is 12.1 Å². The summed E-state index contributed by atoms with van der Waals surface area (Å²) in [6.45, 7) is 3.56. The second kappa shape index (κ2) is 6.95. The molecular weight excluding hydrogens is 340 g/mol. The molecule has 6 nitrogen and oxygen atoms in total. The summed E-state index contributed by atoms with van der Waals surface area (Å²) in [6, 6.07) is 5.53. The summed E-state index contributed by atoms with van der Waals surface area (Å²) in [5.41, 5.74) is 2.28. The number of ether oxygens (including phenoxy) is 1. The van der Waals surface area contributed by atoms with Crippen molar-refractivity contribution in [3.05, 3.63) is 52.9 Å². The van der Waals surface area contributed by atoms with Crippen LogP contribution >= 0.6 is 0 Å². The average Bonchev–Trinajstić information content (AvgIpc) is 3.03. The number of hydrogen-bond acceptors (Lipinski definition) is 5. The molecule has 1 N–H and O–H groups in total. The van der Waals surface area contributed by atoms with Crippen LogP contribution in [0, 0.1) is 18.6 Å². The molecule has 0 amide bonds. The van der Waals surface area contributed by atoms with Crippen molar-refractivity contribution in [1.82, 2.24) is 19.6 Å². The number of benzene rings is 1. The number of hydrogen-bond donors (Lipinski definition) is 1. The number of nitrogens with zero attached hydrogens (tertiary/aromatic N) is 4. The maximum Gasteiger partial charge on any atom is 0.254 e. The number of fused-ring (bicyclic) bond motifs is 1. The number of anilines is 1. The van der Waals surface area contributed by atoms with Crippen LogP contribution in [0.3, 0.4) is 0 Å². The van der Waals surface area contributed by atoms with Crippen LogP contribution in [-0.4, -0.2) is 32.8 Å². The Morgan fingerprint density at radius 1 is 1.19 bits per heavy atom. The van der Waals surface area contributed by atoms with E-state index in [2.05, 4.69) is 20.4 Å². The van der Waals surface area contributed by atoms with Gasteiger partial charge >= 0.3 is 0 Å². The Kier molecular flexibility index (Phi) is 4.50. The quantitative estimate of drug-likeness (QED) is 0.775. The van der Waals surface area contributed by atoms with Gasteiger partial charge in [0.15, 0.2) is 0 Å². The van der Waals surface area contributed by atoms with Gasteiger partial charge in [-0.25, -0.2) is 13.8 Å². The highest BCUT2D eigenvalue weighted by Crippen LogP contribution is 2.27. The minimum absolute atomic E-state index is 0.161. The molecule has 1 aromatic carbocycles.